The molecule has 3 nitrogen and oxygen atoms in total. The predicted octanol–water partition coefficient (Wildman–Crippen LogP) is 4.37. The summed E-state index contributed by atoms with van der Waals surface area (Å²) in [7, 11) is 0. The molecule has 0 amide bonds. The second kappa shape index (κ2) is 5.82. The van der Waals surface area contributed by atoms with Gasteiger partial charge in [0.15, 0.2) is 0 Å². The maximum atomic E-state index is 8.80. The Morgan fingerprint density at radius 2 is 1.95 bits per heavy atom. The van der Waals surface area contributed by atoms with Gasteiger partial charge in [0.25, 0.3) is 0 Å². The Hall–Kier alpha value is -2.57. The van der Waals surface area contributed by atoms with Crippen LogP contribution in [0.25, 0.3) is 10.9 Å². The van der Waals surface area contributed by atoms with E-state index in [1.54, 1.807) is 6.20 Å². The van der Waals surface area contributed by atoms with Crippen LogP contribution < -0.4 is 5.32 Å². The summed E-state index contributed by atoms with van der Waals surface area (Å²) in [5.74, 6) is 0. The topological polar surface area (TPSA) is 48.7 Å². The number of hydrogen-bond acceptors (Lipinski definition) is 3. The van der Waals surface area contributed by atoms with Gasteiger partial charge in [0.2, 0.25) is 0 Å². The molecule has 0 aliphatic carbocycles. The van der Waals surface area contributed by atoms with Crippen LogP contribution in [-0.4, -0.2) is 4.98 Å². The minimum atomic E-state index is 0.651. The average molecular weight is 294 g/mol. The zero-order valence-electron chi connectivity index (χ0n) is 11.2. The van der Waals surface area contributed by atoms with Crippen LogP contribution >= 0.6 is 11.6 Å². The van der Waals surface area contributed by atoms with Crippen molar-refractivity contribution in [3.63, 3.8) is 0 Å². The monoisotopic (exact) mass is 293 g/mol. The summed E-state index contributed by atoms with van der Waals surface area (Å²) in [4.78, 5) is 4.40. The molecule has 0 atom stereocenters. The summed E-state index contributed by atoms with van der Waals surface area (Å²) in [5, 5.41) is 13.8. The van der Waals surface area contributed by atoms with Gasteiger partial charge in [-0.15, -0.1) is 0 Å². The molecule has 0 bridgehead atoms. The summed E-state index contributed by atoms with van der Waals surface area (Å²) < 4.78 is 0. The van der Waals surface area contributed by atoms with Crippen molar-refractivity contribution in [2.75, 3.05) is 5.32 Å². The van der Waals surface area contributed by atoms with Crippen molar-refractivity contribution >= 4 is 28.2 Å². The van der Waals surface area contributed by atoms with E-state index in [1.165, 1.54) is 0 Å². The van der Waals surface area contributed by atoms with Crippen molar-refractivity contribution in [1.29, 1.82) is 5.26 Å². The van der Waals surface area contributed by atoms with Gasteiger partial charge < -0.3 is 5.32 Å². The summed E-state index contributed by atoms with van der Waals surface area (Å²) in [6.07, 6.45) is 1.77. The van der Waals surface area contributed by atoms with Crippen molar-refractivity contribution in [3.8, 4) is 6.07 Å². The lowest BCUT2D eigenvalue weighted by Crippen LogP contribution is -2.00. The number of hydrogen-bond donors (Lipinski definition) is 1. The van der Waals surface area contributed by atoms with Gasteiger partial charge in [-0.05, 0) is 35.9 Å². The smallest absolute Gasteiger partial charge is 0.0991 e. The first kappa shape index (κ1) is 13.4. The molecule has 3 aromatic rings. The molecule has 4 heteroatoms. The number of anilines is 1. The number of nitrogens with one attached hydrogen (secondary N) is 1. The second-order valence-electron chi connectivity index (χ2n) is 4.69. The highest BCUT2D eigenvalue weighted by atomic mass is 35.5. The molecule has 1 heterocycles. The van der Waals surface area contributed by atoms with Gasteiger partial charge >= 0.3 is 0 Å². The molecule has 21 heavy (non-hydrogen) atoms. The Kier molecular flexibility index (Phi) is 3.72. The van der Waals surface area contributed by atoms with Gasteiger partial charge in [-0.2, -0.15) is 5.26 Å². The molecule has 0 saturated heterocycles. The average Bonchev–Trinajstić information content (AvgIpc) is 2.53. The van der Waals surface area contributed by atoms with Gasteiger partial charge in [0.05, 0.1) is 22.8 Å². The fourth-order valence-electron chi connectivity index (χ4n) is 2.18. The SMILES string of the molecule is N#Cc1ccc(CNc2cc(Cl)cc3cccnc23)cc1. The summed E-state index contributed by atoms with van der Waals surface area (Å²) in [6.45, 7) is 0.651. The molecule has 0 saturated carbocycles. The first-order valence-corrected chi connectivity index (χ1v) is 6.91. The van der Waals surface area contributed by atoms with E-state index in [0.717, 1.165) is 22.2 Å². The molecular formula is C17H12ClN3. The van der Waals surface area contributed by atoms with Crippen LogP contribution in [0.2, 0.25) is 5.02 Å². The quantitative estimate of drug-likeness (QED) is 0.780. The lowest BCUT2D eigenvalue weighted by Gasteiger charge is -2.10. The van der Waals surface area contributed by atoms with Crippen molar-refractivity contribution in [2.45, 2.75) is 6.54 Å². The lowest BCUT2D eigenvalue weighted by molar-refractivity contribution is 1.15. The van der Waals surface area contributed by atoms with E-state index in [9.17, 15) is 0 Å². The van der Waals surface area contributed by atoms with Crippen molar-refractivity contribution in [3.05, 3.63) is 70.9 Å². The number of nitrogens with zero attached hydrogens (tertiary/aromatic N) is 2. The van der Waals surface area contributed by atoms with Crippen molar-refractivity contribution < 1.29 is 0 Å². The van der Waals surface area contributed by atoms with Crippen LogP contribution in [0, 0.1) is 11.3 Å². The molecule has 0 radical (unpaired) electrons. The minimum Gasteiger partial charge on any atom is -0.379 e. The molecule has 102 valence electrons. The maximum absolute atomic E-state index is 8.80. The van der Waals surface area contributed by atoms with Gasteiger partial charge in [-0.25, -0.2) is 0 Å². The van der Waals surface area contributed by atoms with Crippen LogP contribution in [0.3, 0.4) is 0 Å². The number of benzene rings is 2. The molecule has 0 spiro atoms. The van der Waals surface area contributed by atoms with E-state index in [4.69, 9.17) is 16.9 Å². The normalized spacial score (nSPS) is 10.3. The molecule has 0 unspecified atom stereocenters. The third-order valence-electron chi connectivity index (χ3n) is 3.24. The van der Waals surface area contributed by atoms with Crippen LogP contribution in [-0.2, 0) is 6.54 Å². The van der Waals surface area contributed by atoms with Crippen LogP contribution in [0.1, 0.15) is 11.1 Å². The number of rotatable bonds is 3. The number of nitriles is 1. The van der Waals surface area contributed by atoms with E-state index in [1.807, 2.05) is 48.5 Å². The van der Waals surface area contributed by atoms with E-state index in [0.29, 0.717) is 17.1 Å². The van der Waals surface area contributed by atoms with Crippen LogP contribution in [0.15, 0.2) is 54.7 Å². The molecular weight excluding hydrogens is 282 g/mol. The van der Waals surface area contributed by atoms with Crippen LogP contribution in [0.4, 0.5) is 5.69 Å². The number of aromatic nitrogens is 1. The third-order valence-corrected chi connectivity index (χ3v) is 3.45. The summed E-state index contributed by atoms with van der Waals surface area (Å²) >= 11 is 6.14. The first-order chi connectivity index (χ1) is 10.3. The zero-order valence-corrected chi connectivity index (χ0v) is 11.9. The number of fused-ring (bicyclic) bond motifs is 1. The molecule has 0 aliphatic heterocycles. The van der Waals surface area contributed by atoms with E-state index in [-0.39, 0.29) is 0 Å². The Bertz CT molecular complexity index is 820. The molecule has 1 N–H and O–H groups in total. The fraction of sp³-hybridized carbons (Fsp3) is 0.0588. The highest BCUT2D eigenvalue weighted by Crippen LogP contribution is 2.26. The van der Waals surface area contributed by atoms with Gasteiger partial charge in [-0.1, -0.05) is 29.8 Å². The molecule has 0 fully saturated rings. The fourth-order valence-corrected chi connectivity index (χ4v) is 2.41. The predicted molar refractivity (Wildman–Crippen MR) is 85.2 cm³/mol. The van der Waals surface area contributed by atoms with Gasteiger partial charge in [-0.3, -0.25) is 4.98 Å². The maximum Gasteiger partial charge on any atom is 0.0991 e. The van der Waals surface area contributed by atoms with Crippen molar-refractivity contribution in [2.24, 2.45) is 0 Å². The first-order valence-electron chi connectivity index (χ1n) is 6.53. The minimum absolute atomic E-state index is 0.651. The molecule has 0 aliphatic rings. The second-order valence-corrected chi connectivity index (χ2v) is 5.13. The number of halogens is 1. The Morgan fingerprint density at radius 3 is 2.71 bits per heavy atom. The summed E-state index contributed by atoms with van der Waals surface area (Å²) in [6, 6.07) is 17.3. The standard InChI is InChI=1S/C17H12ClN3/c18-15-8-14-2-1-7-20-17(14)16(9-15)21-11-13-5-3-12(10-19)4-6-13/h1-9,21H,11H2. The summed E-state index contributed by atoms with van der Waals surface area (Å²) in [5.41, 5.74) is 3.56. The zero-order chi connectivity index (χ0) is 14.7. The largest absolute Gasteiger partial charge is 0.379 e. The highest BCUT2D eigenvalue weighted by Gasteiger charge is 2.04. The van der Waals surface area contributed by atoms with Crippen molar-refractivity contribution in [1.82, 2.24) is 4.98 Å². The number of pyridine rings is 1. The molecule has 2 aromatic carbocycles. The van der Waals surface area contributed by atoms with E-state index >= 15 is 0 Å². The molecule has 1 aromatic heterocycles. The third kappa shape index (κ3) is 2.96. The van der Waals surface area contributed by atoms with E-state index < -0.39 is 0 Å². The Morgan fingerprint density at radius 1 is 1.14 bits per heavy atom. The highest BCUT2D eigenvalue weighted by molar-refractivity contribution is 6.31. The van der Waals surface area contributed by atoms with E-state index in [2.05, 4.69) is 16.4 Å². The van der Waals surface area contributed by atoms with Crippen LogP contribution in [0.5, 0.6) is 0 Å². The lowest BCUT2D eigenvalue weighted by atomic mass is 10.1. The van der Waals surface area contributed by atoms with Gasteiger partial charge in [0.1, 0.15) is 0 Å². The Labute approximate surface area is 127 Å². The Balaban J connectivity index is 1.86. The molecule has 3 rings (SSSR count). The van der Waals surface area contributed by atoms with Gasteiger partial charge in [0, 0.05) is 23.2 Å².